The zero-order valence-electron chi connectivity index (χ0n) is 10.7. The molecule has 2 heteroatoms. The van der Waals surface area contributed by atoms with Gasteiger partial charge in [0, 0.05) is 6.04 Å². The highest BCUT2D eigenvalue weighted by molar-refractivity contribution is 5.20. The van der Waals surface area contributed by atoms with E-state index in [4.69, 9.17) is 0 Å². The number of rotatable bonds is 3. The van der Waals surface area contributed by atoms with E-state index in [-0.39, 0.29) is 0 Å². The van der Waals surface area contributed by atoms with Gasteiger partial charge in [0.15, 0.2) is 0 Å². The van der Waals surface area contributed by atoms with E-state index in [9.17, 15) is 5.11 Å². The monoisotopic (exact) mass is 211 g/mol. The normalized spacial score (nSPS) is 29.8. The third-order valence-electron chi connectivity index (χ3n) is 3.61. The first kappa shape index (κ1) is 12.7. The maximum atomic E-state index is 9.97. The van der Waals surface area contributed by atoms with Gasteiger partial charge in [-0.2, -0.15) is 0 Å². The Balaban J connectivity index is 2.70. The fourth-order valence-electron chi connectivity index (χ4n) is 2.12. The lowest BCUT2D eigenvalue weighted by Crippen LogP contribution is -2.42. The first-order valence-electron chi connectivity index (χ1n) is 6.04. The van der Waals surface area contributed by atoms with Gasteiger partial charge in [-0.3, -0.25) is 5.32 Å². The summed E-state index contributed by atoms with van der Waals surface area (Å²) in [5.74, 6) is 1.32. The molecule has 0 aromatic heterocycles. The number of nitrogens with one attached hydrogen (secondary N) is 1. The summed E-state index contributed by atoms with van der Waals surface area (Å²) in [5, 5.41) is 13.2. The van der Waals surface area contributed by atoms with Crippen LogP contribution in [0.3, 0.4) is 0 Å². The van der Waals surface area contributed by atoms with Crippen molar-refractivity contribution in [3.05, 3.63) is 11.1 Å². The quantitative estimate of drug-likeness (QED) is 0.703. The topological polar surface area (TPSA) is 32.3 Å². The van der Waals surface area contributed by atoms with E-state index >= 15 is 0 Å². The smallest absolute Gasteiger partial charge is 0.127 e. The van der Waals surface area contributed by atoms with Crippen molar-refractivity contribution in [1.29, 1.82) is 0 Å². The molecule has 0 aromatic rings. The van der Waals surface area contributed by atoms with Crippen molar-refractivity contribution in [2.45, 2.75) is 59.7 Å². The van der Waals surface area contributed by atoms with Crippen LogP contribution in [0.1, 0.15) is 47.5 Å². The lowest BCUT2D eigenvalue weighted by Gasteiger charge is -2.31. The van der Waals surface area contributed by atoms with E-state index in [1.807, 2.05) is 0 Å². The van der Waals surface area contributed by atoms with Crippen LogP contribution in [-0.4, -0.2) is 17.4 Å². The van der Waals surface area contributed by atoms with E-state index in [1.54, 1.807) is 0 Å². The number of hydrogen-bond acceptors (Lipinski definition) is 2. The largest absolute Gasteiger partial charge is 0.375 e. The van der Waals surface area contributed by atoms with E-state index in [1.165, 1.54) is 11.1 Å². The summed E-state index contributed by atoms with van der Waals surface area (Å²) in [6.45, 7) is 11.0. The Morgan fingerprint density at radius 2 is 2.00 bits per heavy atom. The standard InChI is InChI=1S/C13H25NO/c1-8(2)9(3)7-12-10(4)6-11(5)14-13(12)15/h8-9,11,13-15H,6-7H2,1-5H3. The van der Waals surface area contributed by atoms with Crippen LogP contribution in [-0.2, 0) is 0 Å². The molecule has 1 rings (SSSR count). The van der Waals surface area contributed by atoms with Crippen LogP contribution >= 0.6 is 0 Å². The van der Waals surface area contributed by atoms with Gasteiger partial charge >= 0.3 is 0 Å². The van der Waals surface area contributed by atoms with Gasteiger partial charge < -0.3 is 5.11 Å². The molecular weight excluding hydrogens is 186 g/mol. The molecule has 1 heterocycles. The zero-order chi connectivity index (χ0) is 11.6. The molecule has 0 aromatic carbocycles. The maximum absolute atomic E-state index is 9.97. The summed E-state index contributed by atoms with van der Waals surface area (Å²) in [7, 11) is 0. The Morgan fingerprint density at radius 3 is 2.47 bits per heavy atom. The van der Waals surface area contributed by atoms with Crippen LogP contribution in [0.5, 0.6) is 0 Å². The van der Waals surface area contributed by atoms with E-state index in [2.05, 4.69) is 39.9 Å². The van der Waals surface area contributed by atoms with Crippen LogP contribution in [0.2, 0.25) is 0 Å². The highest BCUT2D eigenvalue weighted by Crippen LogP contribution is 2.27. The van der Waals surface area contributed by atoms with Gasteiger partial charge in [-0.15, -0.1) is 0 Å². The number of hydrogen-bond donors (Lipinski definition) is 2. The molecule has 0 saturated carbocycles. The molecule has 88 valence electrons. The van der Waals surface area contributed by atoms with Crippen LogP contribution in [0.4, 0.5) is 0 Å². The highest BCUT2D eigenvalue weighted by Gasteiger charge is 2.24. The van der Waals surface area contributed by atoms with Gasteiger partial charge in [0.1, 0.15) is 6.23 Å². The minimum Gasteiger partial charge on any atom is -0.375 e. The summed E-state index contributed by atoms with van der Waals surface area (Å²) in [5.41, 5.74) is 2.59. The third kappa shape index (κ3) is 3.32. The summed E-state index contributed by atoms with van der Waals surface area (Å²) < 4.78 is 0. The van der Waals surface area contributed by atoms with Crippen molar-refractivity contribution in [3.8, 4) is 0 Å². The van der Waals surface area contributed by atoms with Crippen LogP contribution in [0, 0.1) is 11.8 Å². The average molecular weight is 211 g/mol. The van der Waals surface area contributed by atoms with Crippen molar-refractivity contribution in [2.75, 3.05) is 0 Å². The van der Waals surface area contributed by atoms with Gasteiger partial charge in [-0.25, -0.2) is 0 Å². The van der Waals surface area contributed by atoms with Gasteiger partial charge in [0.05, 0.1) is 0 Å². The molecule has 0 amide bonds. The molecule has 0 radical (unpaired) electrons. The summed E-state index contributed by atoms with van der Waals surface area (Å²) in [6, 6.07) is 0.401. The van der Waals surface area contributed by atoms with Gasteiger partial charge in [0.25, 0.3) is 0 Å². The highest BCUT2D eigenvalue weighted by atomic mass is 16.3. The van der Waals surface area contributed by atoms with E-state index in [0.29, 0.717) is 17.9 Å². The van der Waals surface area contributed by atoms with Crippen LogP contribution in [0.25, 0.3) is 0 Å². The molecule has 0 bridgehead atoms. The fraction of sp³-hybridized carbons (Fsp3) is 0.846. The Bertz CT molecular complexity index is 245. The van der Waals surface area contributed by atoms with Crippen molar-refractivity contribution < 1.29 is 5.11 Å². The average Bonchev–Trinajstić information content (AvgIpc) is 2.10. The van der Waals surface area contributed by atoms with E-state index < -0.39 is 6.23 Å². The van der Waals surface area contributed by atoms with Gasteiger partial charge in [-0.05, 0) is 44.1 Å². The molecule has 1 aliphatic heterocycles. The minimum atomic E-state index is -0.421. The molecule has 1 aliphatic rings. The molecular formula is C13H25NO. The second-order valence-electron chi connectivity index (χ2n) is 5.41. The molecule has 15 heavy (non-hydrogen) atoms. The summed E-state index contributed by atoms with van der Waals surface area (Å²) in [4.78, 5) is 0. The van der Waals surface area contributed by atoms with Gasteiger partial charge in [0.2, 0.25) is 0 Å². The second-order valence-corrected chi connectivity index (χ2v) is 5.41. The van der Waals surface area contributed by atoms with Gasteiger partial charge in [-0.1, -0.05) is 26.3 Å². The molecule has 3 atom stereocenters. The molecule has 0 spiro atoms. The Labute approximate surface area is 93.8 Å². The SMILES string of the molecule is CC1=C(CC(C)C(C)C)C(O)NC(C)C1. The fourth-order valence-corrected chi connectivity index (χ4v) is 2.12. The Morgan fingerprint density at radius 1 is 1.40 bits per heavy atom. The molecule has 0 fully saturated rings. The molecule has 0 aliphatic carbocycles. The minimum absolute atomic E-state index is 0.401. The Kier molecular flexibility index (Phi) is 4.35. The molecule has 2 N–H and O–H groups in total. The lowest BCUT2D eigenvalue weighted by molar-refractivity contribution is 0.139. The Hall–Kier alpha value is -0.340. The first-order chi connectivity index (χ1) is 6.91. The first-order valence-corrected chi connectivity index (χ1v) is 6.04. The van der Waals surface area contributed by atoms with E-state index in [0.717, 1.165) is 12.8 Å². The molecule has 2 nitrogen and oxygen atoms in total. The summed E-state index contributed by atoms with van der Waals surface area (Å²) >= 11 is 0. The van der Waals surface area contributed by atoms with Crippen molar-refractivity contribution >= 4 is 0 Å². The maximum Gasteiger partial charge on any atom is 0.127 e. The third-order valence-corrected chi connectivity index (χ3v) is 3.61. The molecule has 0 saturated heterocycles. The van der Waals surface area contributed by atoms with Crippen LogP contribution < -0.4 is 5.32 Å². The predicted molar refractivity (Wildman–Crippen MR) is 64.5 cm³/mol. The molecule has 3 unspecified atom stereocenters. The van der Waals surface area contributed by atoms with Crippen molar-refractivity contribution in [3.63, 3.8) is 0 Å². The summed E-state index contributed by atoms with van der Waals surface area (Å²) in [6.07, 6.45) is 1.66. The number of aliphatic hydroxyl groups is 1. The van der Waals surface area contributed by atoms with Crippen molar-refractivity contribution in [2.24, 2.45) is 11.8 Å². The predicted octanol–water partition coefficient (Wildman–Crippen LogP) is 2.69. The number of aliphatic hydroxyl groups excluding tert-OH is 1. The van der Waals surface area contributed by atoms with Crippen molar-refractivity contribution in [1.82, 2.24) is 5.32 Å². The second kappa shape index (κ2) is 5.13. The lowest BCUT2D eigenvalue weighted by atomic mass is 9.85. The van der Waals surface area contributed by atoms with Crippen LogP contribution in [0.15, 0.2) is 11.1 Å². The zero-order valence-corrected chi connectivity index (χ0v) is 10.7.